The molecule has 5 rings (SSSR count). The fourth-order valence-electron chi connectivity index (χ4n) is 5.49. The number of halogens is 4. The highest BCUT2D eigenvalue weighted by Gasteiger charge is 2.55. The second-order valence-corrected chi connectivity index (χ2v) is 12.9. The molecular formula is C33H29BrClF2N7O4. The van der Waals surface area contributed by atoms with Gasteiger partial charge in [0.2, 0.25) is 5.96 Å². The maximum Gasteiger partial charge on any atom is 0.437 e. The highest BCUT2D eigenvalue weighted by molar-refractivity contribution is 9.10. The Labute approximate surface area is 287 Å². The summed E-state index contributed by atoms with van der Waals surface area (Å²) in [7, 11) is 0. The minimum Gasteiger partial charge on any atom is -0.443 e. The quantitative estimate of drug-likeness (QED) is 0.185. The van der Waals surface area contributed by atoms with Crippen LogP contribution in [0.25, 0.3) is 5.69 Å². The first-order chi connectivity index (χ1) is 22.9. The average molecular weight is 741 g/mol. The Morgan fingerprint density at radius 1 is 1.19 bits per heavy atom. The molecule has 2 atom stereocenters. The topological polar surface area (TPSA) is 146 Å². The Kier molecular flexibility index (Phi) is 10.2. The van der Waals surface area contributed by atoms with Gasteiger partial charge in [-0.15, -0.1) is 4.99 Å². The second-order valence-electron chi connectivity index (χ2n) is 11.6. The number of hydrogen-bond acceptors (Lipinski definition) is 7. The lowest BCUT2D eigenvalue weighted by Crippen LogP contribution is -2.47. The maximum atomic E-state index is 14.8. The highest BCUT2D eigenvalue weighted by Crippen LogP contribution is 2.43. The van der Waals surface area contributed by atoms with Gasteiger partial charge >= 0.3 is 6.09 Å². The van der Waals surface area contributed by atoms with Gasteiger partial charge in [0.15, 0.2) is 5.82 Å². The van der Waals surface area contributed by atoms with Gasteiger partial charge in [-0.3, -0.25) is 9.69 Å². The molecule has 0 spiro atoms. The molecule has 11 nitrogen and oxygen atoms in total. The van der Waals surface area contributed by atoms with E-state index in [2.05, 4.69) is 42.4 Å². The average Bonchev–Trinajstić information content (AvgIpc) is 3.66. The van der Waals surface area contributed by atoms with E-state index in [9.17, 15) is 28.7 Å². The van der Waals surface area contributed by atoms with E-state index in [1.165, 1.54) is 18.2 Å². The van der Waals surface area contributed by atoms with Gasteiger partial charge in [0.1, 0.15) is 18.5 Å². The number of carbonyl (C=O) groups is 2. The Hall–Kier alpha value is -4.71. The molecule has 4 aromatic rings. The molecule has 1 aliphatic rings. The van der Waals surface area contributed by atoms with Crippen LogP contribution in [0.3, 0.4) is 0 Å². The molecule has 0 aliphatic carbocycles. The molecule has 15 heteroatoms. The van der Waals surface area contributed by atoms with Crippen molar-refractivity contribution in [1.82, 2.24) is 25.0 Å². The number of nitrogens with zero attached hydrogens (tertiary/aromatic N) is 6. The monoisotopic (exact) mass is 739 g/mol. The van der Waals surface area contributed by atoms with Crippen LogP contribution in [0.4, 0.5) is 13.6 Å². The second kappa shape index (κ2) is 14.2. The predicted molar refractivity (Wildman–Crippen MR) is 175 cm³/mol. The van der Waals surface area contributed by atoms with Crippen molar-refractivity contribution in [2.75, 3.05) is 6.61 Å². The number of alkyl halides is 2. The number of benzene rings is 3. The zero-order valence-corrected chi connectivity index (χ0v) is 28.0. The first kappa shape index (κ1) is 34.6. The van der Waals surface area contributed by atoms with Crippen LogP contribution < -0.4 is 5.32 Å². The molecule has 248 valence electrons. The predicted octanol–water partition coefficient (Wildman–Crippen LogP) is 6.61. The molecule has 1 fully saturated rings. The number of rotatable bonds is 10. The van der Waals surface area contributed by atoms with Crippen LogP contribution in [-0.2, 0) is 21.7 Å². The largest absolute Gasteiger partial charge is 0.443 e. The molecule has 2 heterocycles. The van der Waals surface area contributed by atoms with Crippen LogP contribution in [0.15, 0.2) is 88.6 Å². The Balaban J connectivity index is 1.64. The molecule has 0 saturated carbocycles. The summed E-state index contributed by atoms with van der Waals surface area (Å²) in [6.07, 6.45) is -3.10. The smallest absolute Gasteiger partial charge is 0.437 e. The van der Waals surface area contributed by atoms with E-state index >= 15 is 0 Å². The van der Waals surface area contributed by atoms with Gasteiger partial charge in [-0.05, 0) is 54.8 Å². The molecule has 1 saturated heterocycles. The number of aromatic nitrogens is 3. The van der Waals surface area contributed by atoms with Crippen LogP contribution >= 0.6 is 27.5 Å². The molecule has 0 unspecified atom stereocenters. The summed E-state index contributed by atoms with van der Waals surface area (Å²) in [4.78, 5) is 36.8. The lowest BCUT2D eigenvalue weighted by Gasteiger charge is -2.33. The van der Waals surface area contributed by atoms with E-state index in [-0.39, 0.29) is 35.3 Å². The number of nitrogens with one attached hydrogen (secondary N) is 1. The summed E-state index contributed by atoms with van der Waals surface area (Å²) >= 11 is 9.81. The Morgan fingerprint density at radius 2 is 1.90 bits per heavy atom. The van der Waals surface area contributed by atoms with Gasteiger partial charge in [-0.1, -0.05) is 76.1 Å². The standard InChI is InChI=1S/C33H29BrClF2N7O4/c1-32(2,18-38)17-33(22-9-11-23(34)12-10-22)29(46)43(30(42-33)41-31(47)48-16-20-6-4-3-5-7-20)26(15-45)21-8-13-24(35)25(14-21)44-28(27(36)37)39-19-40-44/h3-14,19,26-27,45H,15-17H2,1-2H3,(H,41,42,47)/t26-,33-/m1/s1. The summed E-state index contributed by atoms with van der Waals surface area (Å²) in [6, 6.07) is 21.1. The van der Waals surface area contributed by atoms with Gasteiger partial charge in [0.25, 0.3) is 12.3 Å². The summed E-state index contributed by atoms with van der Waals surface area (Å²) in [5, 5.41) is 27.9. The third-order valence-corrected chi connectivity index (χ3v) is 8.57. The van der Waals surface area contributed by atoms with Gasteiger partial charge in [0.05, 0.1) is 34.8 Å². The van der Waals surface area contributed by atoms with Crippen LogP contribution in [0.5, 0.6) is 0 Å². The fourth-order valence-corrected chi connectivity index (χ4v) is 5.95. The van der Waals surface area contributed by atoms with Crippen molar-refractivity contribution in [1.29, 1.82) is 5.26 Å². The van der Waals surface area contributed by atoms with E-state index in [1.807, 2.05) is 6.07 Å². The number of guanidine groups is 1. The SMILES string of the molecule is CC(C)(C#N)C[C@]1(c2ccc(Br)cc2)NC(=NC(=O)OCc2ccccc2)N([C@H](CO)c2ccc(Cl)c(-n3ncnc3C(F)F)c2)C1=O. The lowest BCUT2D eigenvalue weighted by molar-refractivity contribution is -0.134. The number of ether oxygens (including phenoxy) is 1. The molecule has 1 aromatic heterocycles. The van der Waals surface area contributed by atoms with Crippen LogP contribution in [0, 0.1) is 16.7 Å². The van der Waals surface area contributed by atoms with Crippen molar-refractivity contribution >= 4 is 45.5 Å². The first-order valence-corrected chi connectivity index (χ1v) is 15.7. The summed E-state index contributed by atoms with van der Waals surface area (Å²) in [5.41, 5.74) is -1.26. The van der Waals surface area contributed by atoms with Crippen LogP contribution in [-0.4, -0.2) is 49.3 Å². The third-order valence-electron chi connectivity index (χ3n) is 7.72. The number of aliphatic hydroxyl groups excluding tert-OH is 1. The number of aliphatic hydroxyl groups is 1. The summed E-state index contributed by atoms with van der Waals surface area (Å²) < 4.78 is 34.4. The molecule has 48 heavy (non-hydrogen) atoms. The van der Waals surface area contributed by atoms with Gasteiger partial charge < -0.3 is 15.2 Å². The van der Waals surface area contributed by atoms with E-state index in [0.29, 0.717) is 11.1 Å². The number of hydrogen-bond donors (Lipinski definition) is 2. The molecular weight excluding hydrogens is 712 g/mol. The fraction of sp³-hybridized carbons (Fsp3) is 0.273. The minimum absolute atomic E-state index is 0.0190. The van der Waals surface area contributed by atoms with E-state index < -0.39 is 47.9 Å². The van der Waals surface area contributed by atoms with Crippen molar-refractivity contribution in [3.63, 3.8) is 0 Å². The van der Waals surface area contributed by atoms with E-state index in [1.54, 1.807) is 62.4 Å². The number of amides is 2. The molecule has 2 amide bonds. The number of nitriles is 1. The van der Waals surface area contributed by atoms with Crippen LogP contribution in [0.2, 0.25) is 5.02 Å². The Bertz CT molecular complexity index is 1880. The molecule has 2 N–H and O–H groups in total. The first-order valence-electron chi connectivity index (χ1n) is 14.6. The van der Waals surface area contributed by atoms with Crippen LogP contribution in [0.1, 0.15) is 55.3 Å². The molecule has 0 bridgehead atoms. The molecule has 3 aromatic carbocycles. The molecule has 1 aliphatic heterocycles. The van der Waals surface area contributed by atoms with E-state index in [4.69, 9.17) is 16.3 Å². The normalized spacial score (nSPS) is 17.8. The maximum absolute atomic E-state index is 14.8. The highest BCUT2D eigenvalue weighted by atomic mass is 79.9. The third kappa shape index (κ3) is 7.08. The summed E-state index contributed by atoms with van der Waals surface area (Å²) in [5.74, 6) is -1.54. The summed E-state index contributed by atoms with van der Waals surface area (Å²) in [6.45, 7) is 2.55. The zero-order valence-electron chi connectivity index (χ0n) is 25.6. The van der Waals surface area contributed by atoms with Crippen molar-refractivity contribution in [2.24, 2.45) is 10.4 Å². The zero-order chi connectivity index (χ0) is 34.6. The number of carbonyl (C=O) groups excluding carboxylic acids is 2. The van der Waals surface area contributed by atoms with Crippen molar-refractivity contribution in [3.05, 3.63) is 111 Å². The lowest BCUT2D eigenvalue weighted by atomic mass is 9.75. The van der Waals surface area contributed by atoms with Crippen molar-refractivity contribution in [2.45, 2.75) is 44.9 Å². The minimum atomic E-state index is -2.97. The van der Waals surface area contributed by atoms with Crippen molar-refractivity contribution < 1.29 is 28.2 Å². The van der Waals surface area contributed by atoms with Gasteiger partial charge in [-0.2, -0.15) is 10.4 Å². The van der Waals surface area contributed by atoms with E-state index in [0.717, 1.165) is 20.4 Å². The van der Waals surface area contributed by atoms with Gasteiger partial charge in [-0.25, -0.2) is 23.2 Å². The Morgan fingerprint density at radius 3 is 2.54 bits per heavy atom. The molecule has 0 radical (unpaired) electrons. The van der Waals surface area contributed by atoms with Gasteiger partial charge in [0, 0.05) is 10.9 Å². The number of aliphatic imine (C=N–C) groups is 1. The van der Waals surface area contributed by atoms with Crippen molar-refractivity contribution in [3.8, 4) is 11.8 Å².